The molecule has 1 aliphatic heterocycles. The van der Waals surface area contributed by atoms with Gasteiger partial charge in [0.25, 0.3) is 0 Å². The second kappa shape index (κ2) is 6.50. The minimum absolute atomic E-state index is 0.215. The van der Waals surface area contributed by atoms with Crippen molar-refractivity contribution in [1.29, 1.82) is 0 Å². The summed E-state index contributed by atoms with van der Waals surface area (Å²) in [5, 5.41) is 3.34. The highest BCUT2D eigenvalue weighted by Crippen LogP contribution is 2.21. The van der Waals surface area contributed by atoms with Crippen LogP contribution < -0.4 is 5.32 Å². The molecule has 1 N–H and O–H groups in total. The van der Waals surface area contributed by atoms with E-state index in [1.54, 1.807) is 11.2 Å². The third kappa shape index (κ3) is 4.32. The van der Waals surface area contributed by atoms with Crippen LogP contribution in [0.4, 0.5) is 10.6 Å². The maximum atomic E-state index is 11.9. The van der Waals surface area contributed by atoms with Gasteiger partial charge < -0.3 is 15.0 Å². The molecule has 2 heterocycles. The van der Waals surface area contributed by atoms with E-state index in [0.29, 0.717) is 19.0 Å². The first-order valence-electron chi connectivity index (χ1n) is 7.85. The SMILES string of the molecule is CCC(C)c1cc(NC2CN(C(=O)OC(C)(C)C)C2)ncn1. The van der Waals surface area contributed by atoms with Crippen LogP contribution in [0.1, 0.15) is 52.7 Å². The number of rotatable bonds is 4. The van der Waals surface area contributed by atoms with Gasteiger partial charge in [-0.25, -0.2) is 14.8 Å². The number of hydrogen-bond donors (Lipinski definition) is 1. The van der Waals surface area contributed by atoms with Crippen molar-refractivity contribution >= 4 is 11.9 Å². The zero-order valence-corrected chi connectivity index (χ0v) is 14.1. The van der Waals surface area contributed by atoms with Crippen LogP contribution in [0.2, 0.25) is 0 Å². The molecule has 1 fully saturated rings. The molecule has 0 aliphatic carbocycles. The maximum Gasteiger partial charge on any atom is 0.410 e. The highest BCUT2D eigenvalue weighted by molar-refractivity contribution is 5.69. The molecule has 1 saturated heterocycles. The highest BCUT2D eigenvalue weighted by atomic mass is 16.6. The molecule has 1 aromatic heterocycles. The second-order valence-electron chi connectivity index (χ2n) is 6.86. The third-order valence-corrected chi connectivity index (χ3v) is 3.69. The summed E-state index contributed by atoms with van der Waals surface area (Å²) in [5.41, 5.74) is 0.594. The number of carbonyl (C=O) groups excluding carboxylic acids is 1. The second-order valence-corrected chi connectivity index (χ2v) is 6.86. The molecular formula is C16H26N4O2. The number of likely N-dealkylation sites (tertiary alicyclic amines) is 1. The smallest absolute Gasteiger partial charge is 0.410 e. The summed E-state index contributed by atoms with van der Waals surface area (Å²) in [6.07, 6.45) is 2.38. The van der Waals surface area contributed by atoms with Gasteiger partial charge in [-0.05, 0) is 33.1 Å². The van der Waals surface area contributed by atoms with Crippen molar-refractivity contribution in [2.75, 3.05) is 18.4 Å². The van der Waals surface area contributed by atoms with Gasteiger partial charge in [0.1, 0.15) is 17.7 Å². The van der Waals surface area contributed by atoms with Crippen molar-refractivity contribution in [1.82, 2.24) is 14.9 Å². The lowest BCUT2D eigenvalue weighted by molar-refractivity contribution is 0.0104. The molecule has 1 aromatic rings. The van der Waals surface area contributed by atoms with Crippen LogP contribution in [-0.2, 0) is 4.74 Å². The first-order valence-corrected chi connectivity index (χ1v) is 7.85. The molecule has 6 nitrogen and oxygen atoms in total. The molecule has 2 rings (SSSR count). The first kappa shape index (κ1) is 16.5. The van der Waals surface area contributed by atoms with Gasteiger partial charge in [0.05, 0.1) is 6.04 Å². The Morgan fingerprint density at radius 2 is 2.14 bits per heavy atom. The van der Waals surface area contributed by atoms with Gasteiger partial charge >= 0.3 is 6.09 Å². The van der Waals surface area contributed by atoms with Crippen molar-refractivity contribution in [2.24, 2.45) is 0 Å². The van der Waals surface area contributed by atoms with Crippen molar-refractivity contribution in [3.05, 3.63) is 18.1 Å². The molecule has 0 spiro atoms. The summed E-state index contributed by atoms with van der Waals surface area (Å²) in [4.78, 5) is 22.1. The lowest BCUT2D eigenvalue weighted by atomic mass is 10.0. The number of hydrogen-bond acceptors (Lipinski definition) is 5. The molecule has 122 valence electrons. The van der Waals surface area contributed by atoms with Crippen LogP contribution in [0.3, 0.4) is 0 Å². The quantitative estimate of drug-likeness (QED) is 0.926. The Bertz CT molecular complexity index is 521. The standard InChI is InChI=1S/C16H26N4O2/c1-6-11(2)13-7-14(18-10-17-13)19-12-8-20(9-12)15(21)22-16(3,4)5/h7,10-12H,6,8-9H2,1-5H3,(H,17,18,19). The fourth-order valence-electron chi connectivity index (χ4n) is 2.18. The molecule has 0 aromatic carbocycles. The van der Waals surface area contributed by atoms with Crippen molar-refractivity contribution in [3.63, 3.8) is 0 Å². The van der Waals surface area contributed by atoms with Gasteiger partial charge in [-0.15, -0.1) is 0 Å². The zero-order valence-electron chi connectivity index (χ0n) is 14.1. The van der Waals surface area contributed by atoms with E-state index in [1.807, 2.05) is 26.8 Å². The largest absolute Gasteiger partial charge is 0.444 e. The number of amides is 1. The Kier molecular flexibility index (Phi) is 4.88. The highest BCUT2D eigenvalue weighted by Gasteiger charge is 2.33. The Hall–Kier alpha value is -1.85. The van der Waals surface area contributed by atoms with Crippen LogP contribution in [0.15, 0.2) is 12.4 Å². The molecule has 1 unspecified atom stereocenters. The van der Waals surface area contributed by atoms with Gasteiger partial charge in [-0.2, -0.15) is 0 Å². The monoisotopic (exact) mass is 306 g/mol. The molecular weight excluding hydrogens is 280 g/mol. The predicted octanol–water partition coefficient (Wildman–Crippen LogP) is 3.02. The van der Waals surface area contributed by atoms with Crippen LogP contribution >= 0.6 is 0 Å². The van der Waals surface area contributed by atoms with E-state index in [9.17, 15) is 4.79 Å². The normalized spacial score (nSPS) is 16.9. The summed E-state index contributed by atoms with van der Waals surface area (Å²) >= 11 is 0. The molecule has 0 radical (unpaired) electrons. The minimum Gasteiger partial charge on any atom is -0.444 e. The molecule has 1 aliphatic rings. The van der Waals surface area contributed by atoms with Crippen LogP contribution in [-0.4, -0.2) is 45.7 Å². The Labute approximate surface area is 132 Å². The zero-order chi connectivity index (χ0) is 16.3. The van der Waals surface area contributed by atoms with E-state index in [0.717, 1.165) is 17.9 Å². The summed E-state index contributed by atoms with van der Waals surface area (Å²) < 4.78 is 5.34. The third-order valence-electron chi connectivity index (χ3n) is 3.69. The molecule has 0 saturated carbocycles. The molecule has 6 heteroatoms. The molecule has 0 bridgehead atoms. The van der Waals surface area contributed by atoms with Gasteiger partial charge in [0.15, 0.2) is 0 Å². The average Bonchev–Trinajstić information content (AvgIpc) is 2.39. The molecule has 1 amide bonds. The number of ether oxygens (including phenoxy) is 1. The number of anilines is 1. The Balaban J connectivity index is 1.84. The average molecular weight is 306 g/mol. The summed E-state index contributed by atoms with van der Waals surface area (Å²) in [6.45, 7) is 11.2. The van der Waals surface area contributed by atoms with E-state index in [4.69, 9.17) is 4.74 Å². The van der Waals surface area contributed by atoms with E-state index >= 15 is 0 Å². The fraction of sp³-hybridized carbons (Fsp3) is 0.688. The van der Waals surface area contributed by atoms with Crippen LogP contribution in [0, 0.1) is 0 Å². The minimum atomic E-state index is -0.451. The summed E-state index contributed by atoms with van der Waals surface area (Å²) in [6, 6.07) is 2.21. The Morgan fingerprint density at radius 3 is 2.73 bits per heavy atom. The van der Waals surface area contributed by atoms with Gasteiger partial charge in [0, 0.05) is 24.8 Å². The fourth-order valence-corrected chi connectivity index (χ4v) is 2.18. The van der Waals surface area contributed by atoms with E-state index in [2.05, 4.69) is 29.1 Å². The van der Waals surface area contributed by atoms with Gasteiger partial charge in [-0.1, -0.05) is 13.8 Å². The summed E-state index contributed by atoms with van der Waals surface area (Å²) in [7, 11) is 0. The summed E-state index contributed by atoms with van der Waals surface area (Å²) in [5.74, 6) is 1.24. The van der Waals surface area contributed by atoms with E-state index in [1.165, 1.54) is 0 Å². The van der Waals surface area contributed by atoms with E-state index < -0.39 is 5.60 Å². The first-order chi connectivity index (χ1) is 10.3. The number of nitrogens with one attached hydrogen (secondary N) is 1. The van der Waals surface area contributed by atoms with Crippen molar-refractivity contribution in [3.8, 4) is 0 Å². The molecule has 22 heavy (non-hydrogen) atoms. The van der Waals surface area contributed by atoms with Crippen LogP contribution in [0.25, 0.3) is 0 Å². The van der Waals surface area contributed by atoms with E-state index in [-0.39, 0.29) is 12.1 Å². The van der Waals surface area contributed by atoms with Crippen molar-refractivity contribution < 1.29 is 9.53 Å². The number of carbonyl (C=O) groups is 1. The topological polar surface area (TPSA) is 67.4 Å². The lowest BCUT2D eigenvalue weighted by Gasteiger charge is -2.40. The van der Waals surface area contributed by atoms with Gasteiger partial charge in [-0.3, -0.25) is 0 Å². The van der Waals surface area contributed by atoms with Crippen molar-refractivity contribution in [2.45, 2.75) is 58.6 Å². The van der Waals surface area contributed by atoms with Crippen LogP contribution in [0.5, 0.6) is 0 Å². The Morgan fingerprint density at radius 1 is 1.45 bits per heavy atom. The predicted molar refractivity (Wildman–Crippen MR) is 86.0 cm³/mol. The number of aromatic nitrogens is 2. The lowest BCUT2D eigenvalue weighted by Crippen LogP contribution is -2.58. The maximum absolute atomic E-state index is 11.9. The van der Waals surface area contributed by atoms with Gasteiger partial charge in [0.2, 0.25) is 0 Å². The number of nitrogens with zero attached hydrogens (tertiary/aromatic N) is 3. The molecule has 1 atom stereocenters.